The van der Waals surface area contributed by atoms with Gasteiger partial charge in [-0.2, -0.15) is 0 Å². The number of imidazole rings is 1. The lowest BCUT2D eigenvalue weighted by Gasteiger charge is -2.02. The standard InChI is InChI=1S/C15H16N4/c1-10-6-12(9-17-8-10)15-18-14-11(7-16)4-3-5-13(14)19(15)2/h3-6,8-9H,7,16H2,1-2H3. The van der Waals surface area contributed by atoms with Gasteiger partial charge in [0.1, 0.15) is 5.82 Å². The Morgan fingerprint density at radius 3 is 2.84 bits per heavy atom. The molecule has 0 atom stereocenters. The van der Waals surface area contributed by atoms with Crippen molar-refractivity contribution in [3.05, 3.63) is 47.8 Å². The van der Waals surface area contributed by atoms with E-state index in [1.165, 1.54) is 0 Å². The van der Waals surface area contributed by atoms with Crippen LogP contribution in [0.15, 0.2) is 36.7 Å². The summed E-state index contributed by atoms with van der Waals surface area (Å²) >= 11 is 0. The number of benzene rings is 1. The molecule has 96 valence electrons. The minimum atomic E-state index is 0.500. The first-order valence-corrected chi connectivity index (χ1v) is 6.27. The number of aryl methyl sites for hydroxylation is 2. The van der Waals surface area contributed by atoms with E-state index >= 15 is 0 Å². The Hall–Kier alpha value is -2.20. The average molecular weight is 252 g/mol. The Morgan fingerprint density at radius 2 is 2.11 bits per heavy atom. The van der Waals surface area contributed by atoms with E-state index in [0.717, 1.165) is 33.5 Å². The summed E-state index contributed by atoms with van der Waals surface area (Å²) in [7, 11) is 2.02. The van der Waals surface area contributed by atoms with Gasteiger partial charge in [-0.05, 0) is 30.2 Å². The number of hydrogen-bond acceptors (Lipinski definition) is 3. The van der Waals surface area contributed by atoms with Gasteiger partial charge in [0.05, 0.1) is 11.0 Å². The van der Waals surface area contributed by atoms with Crippen molar-refractivity contribution in [1.82, 2.24) is 14.5 Å². The van der Waals surface area contributed by atoms with Gasteiger partial charge in [0.2, 0.25) is 0 Å². The first-order chi connectivity index (χ1) is 9.20. The summed E-state index contributed by atoms with van der Waals surface area (Å²) in [6, 6.07) is 8.20. The Labute approximate surface area is 111 Å². The summed E-state index contributed by atoms with van der Waals surface area (Å²) < 4.78 is 2.09. The molecule has 0 amide bonds. The molecule has 4 heteroatoms. The SMILES string of the molecule is Cc1cncc(-c2nc3c(CN)cccc3n2C)c1. The molecule has 2 N–H and O–H groups in total. The molecule has 0 fully saturated rings. The minimum Gasteiger partial charge on any atom is -0.327 e. The zero-order valence-corrected chi connectivity index (χ0v) is 11.1. The molecule has 3 rings (SSSR count). The smallest absolute Gasteiger partial charge is 0.142 e. The van der Waals surface area contributed by atoms with Crippen LogP contribution in [-0.4, -0.2) is 14.5 Å². The topological polar surface area (TPSA) is 56.7 Å². The van der Waals surface area contributed by atoms with Crippen molar-refractivity contribution >= 4 is 11.0 Å². The summed E-state index contributed by atoms with van der Waals surface area (Å²) in [5.74, 6) is 0.923. The van der Waals surface area contributed by atoms with Gasteiger partial charge < -0.3 is 10.3 Å². The third-order valence-electron chi connectivity index (χ3n) is 3.35. The van der Waals surface area contributed by atoms with Gasteiger partial charge in [0, 0.05) is 31.5 Å². The fourth-order valence-corrected chi connectivity index (χ4v) is 2.37. The summed E-state index contributed by atoms with van der Waals surface area (Å²) in [5, 5.41) is 0. The third-order valence-corrected chi connectivity index (χ3v) is 3.35. The maximum absolute atomic E-state index is 5.78. The molecule has 0 aliphatic carbocycles. The highest BCUT2D eigenvalue weighted by molar-refractivity contribution is 5.83. The first kappa shape index (κ1) is 11.9. The quantitative estimate of drug-likeness (QED) is 0.762. The molecule has 0 aliphatic rings. The number of fused-ring (bicyclic) bond motifs is 1. The zero-order valence-electron chi connectivity index (χ0n) is 11.1. The number of pyridine rings is 1. The van der Waals surface area contributed by atoms with E-state index < -0.39 is 0 Å². The third kappa shape index (κ3) is 1.90. The van der Waals surface area contributed by atoms with Gasteiger partial charge in [-0.25, -0.2) is 4.98 Å². The molecular weight excluding hydrogens is 236 g/mol. The molecule has 0 spiro atoms. The van der Waals surface area contributed by atoms with Crippen molar-refractivity contribution in [1.29, 1.82) is 0 Å². The fourth-order valence-electron chi connectivity index (χ4n) is 2.37. The van der Waals surface area contributed by atoms with Crippen LogP contribution in [-0.2, 0) is 13.6 Å². The molecule has 2 heterocycles. The molecule has 0 saturated heterocycles. The van der Waals surface area contributed by atoms with Crippen molar-refractivity contribution in [2.75, 3.05) is 0 Å². The van der Waals surface area contributed by atoms with Gasteiger partial charge in [-0.15, -0.1) is 0 Å². The van der Waals surface area contributed by atoms with Crippen LogP contribution in [0.1, 0.15) is 11.1 Å². The summed E-state index contributed by atoms with van der Waals surface area (Å²) in [5.41, 5.74) is 11.1. The van der Waals surface area contributed by atoms with E-state index in [0.29, 0.717) is 6.54 Å². The molecule has 0 aliphatic heterocycles. The van der Waals surface area contributed by atoms with E-state index in [4.69, 9.17) is 10.7 Å². The van der Waals surface area contributed by atoms with E-state index in [-0.39, 0.29) is 0 Å². The highest BCUT2D eigenvalue weighted by Crippen LogP contribution is 2.25. The van der Waals surface area contributed by atoms with Crippen molar-refractivity contribution in [3.8, 4) is 11.4 Å². The van der Waals surface area contributed by atoms with Gasteiger partial charge in [0.15, 0.2) is 0 Å². The van der Waals surface area contributed by atoms with Gasteiger partial charge in [-0.3, -0.25) is 4.98 Å². The van der Waals surface area contributed by atoms with Crippen molar-refractivity contribution < 1.29 is 0 Å². The average Bonchev–Trinajstić information content (AvgIpc) is 2.76. The number of nitrogens with zero attached hydrogens (tertiary/aromatic N) is 3. The summed E-state index contributed by atoms with van der Waals surface area (Å²) in [4.78, 5) is 8.97. The normalized spacial score (nSPS) is 11.1. The Kier molecular flexibility index (Phi) is 2.80. The molecule has 19 heavy (non-hydrogen) atoms. The maximum Gasteiger partial charge on any atom is 0.142 e. The van der Waals surface area contributed by atoms with Gasteiger partial charge in [-0.1, -0.05) is 12.1 Å². The molecule has 0 radical (unpaired) electrons. The number of nitrogens with two attached hydrogens (primary N) is 1. The van der Waals surface area contributed by atoms with Crippen LogP contribution in [0.2, 0.25) is 0 Å². The molecule has 4 nitrogen and oxygen atoms in total. The number of para-hydroxylation sites is 1. The van der Waals surface area contributed by atoms with Crippen molar-refractivity contribution in [2.24, 2.45) is 12.8 Å². The van der Waals surface area contributed by atoms with Gasteiger partial charge in [0.25, 0.3) is 0 Å². The predicted octanol–water partition coefficient (Wildman–Crippen LogP) is 2.40. The Bertz CT molecular complexity index is 743. The molecule has 0 unspecified atom stereocenters. The Morgan fingerprint density at radius 1 is 1.26 bits per heavy atom. The van der Waals surface area contributed by atoms with Crippen LogP contribution < -0.4 is 5.73 Å². The number of aromatic nitrogens is 3. The zero-order chi connectivity index (χ0) is 13.4. The fraction of sp³-hybridized carbons (Fsp3) is 0.200. The lowest BCUT2D eigenvalue weighted by molar-refractivity contribution is 0.957. The van der Waals surface area contributed by atoms with Crippen LogP contribution in [0.5, 0.6) is 0 Å². The molecule has 0 saturated carbocycles. The minimum absolute atomic E-state index is 0.500. The van der Waals surface area contributed by atoms with Crippen LogP contribution in [0.25, 0.3) is 22.4 Å². The highest BCUT2D eigenvalue weighted by atomic mass is 15.1. The molecule has 2 aromatic heterocycles. The monoisotopic (exact) mass is 252 g/mol. The lowest BCUT2D eigenvalue weighted by atomic mass is 10.2. The van der Waals surface area contributed by atoms with E-state index in [1.54, 1.807) is 0 Å². The van der Waals surface area contributed by atoms with Crippen LogP contribution in [0, 0.1) is 6.92 Å². The van der Waals surface area contributed by atoms with E-state index in [2.05, 4.69) is 21.7 Å². The second-order valence-electron chi connectivity index (χ2n) is 4.73. The Balaban J connectivity index is 2.28. The van der Waals surface area contributed by atoms with Crippen LogP contribution in [0.3, 0.4) is 0 Å². The maximum atomic E-state index is 5.78. The molecule has 3 aromatic rings. The van der Waals surface area contributed by atoms with E-state index in [1.807, 2.05) is 38.5 Å². The number of rotatable bonds is 2. The molecular formula is C15H16N4. The highest BCUT2D eigenvalue weighted by Gasteiger charge is 2.12. The molecule has 1 aromatic carbocycles. The molecule has 0 bridgehead atoms. The lowest BCUT2D eigenvalue weighted by Crippen LogP contribution is -1.97. The second-order valence-corrected chi connectivity index (χ2v) is 4.73. The predicted molar refractivity (Wildman–Crippen MR) is 76.6 cm³/mol. The van der Waals surface area contributed by atoms with Gasteiger partial charge >= 0.3 is 0 Å². The van der Waals surface area contributed by atoms with Crippen LogP contribution in [0.4, 0.5) is 0 Å². The second kappa shape index (κ2) is 4.48. The van der Waals surface area contributed by atoms with Crippen LogP contribution >= 0.6 is 0 Å². The largest absolute Gasteiger partial charge is 0.327 e. The number of hydrogen-bond donors (Lipinski definition) is 1. The van der Waals surface area contributed by atoms with E-state index in [9.17, 15) is 0 Å². The summed E-state index contributed by atoms with van der Waals surface area (Å²) in [6.45, 7) is 2.53. The van der Waals surface area contributed by atoms with Crippen molar-refractivity contribution in [3.63, 3.8) is 0 Å². The first-order valence-electron chi connectivity index (χ1n) is 6.27. The summed E-state index contributed by atoms with van der Waals surface area (Å²) in [6.07, 6.45) is 3.69. The van der Waals surface area contributed by atoms with Crippen molar-refractivity contribution in [2.45, 2.75) is 13.5 Å².